The van der Waals surface area contributed by atoms with Crippen molar-refractivity contribution in [1.82, 2.24) is 19.3 Å². The molecule has 0 fully saturated rings. The fraction of sp³-hybridized carbons (Fsp3) is 0.375. The Morgan fingerprint density at radius 1 is 1.28 bits per heavy atom. The van der Waals surface area contributed by atoms with Gasteiger partial charge in [-0.15, -0.1) is 0 Å². The van der Waals surface area contributed by atoms with Crippen LogP contribution in [0.5, 0.6) is 5.75 Å². The molecule has 0 radical (unpaired) electrons. The molecular weight excluding hydrogens is 360 g/mol. The fourth-order valence-corrected chi connectivity index (χ4v) is 4.96. The molecule has 0 saturated heterocycles. The predicted molar refractivity (Wildman–Crippen MR) is 96.7 cm³/mol. The minimum Gasteiger partial charge on any atom is -0.494 e. The number of nitrogens with one attached hydrogen (secondary N) is 1. The van der Waals surface area contributed by atoms with Crippen molar-refractivity contribution in [2.24, 2.45) is 0 Å². The summed E-state index contributed by atoms with van der Waals surface area (Å²) < 4.78 is 35.2. The van der Waals surface area contributed by atoms with Crippen LogP contribution in [0.15, 0.2) is 29.3 Å². The molecule has 3 aromatic rings. The third-order valence-corrected chi connectivity index (χ3v) is 6.17. The maximum Gasteiger partial charge on any atom is 0.260 e. The molecule has 3 rings (SSSR count). The number of benzene rings is 1. The average Bonchev–Trinajstić information content (AvgIpc) is 3.01. The van der Waals surface area contributed by atoms with Crippen LogP contribution in [-0.4, -0.2) is 29.6 Å². The van der Waals surface area contributed by atoms with E-state index in [1.54, 1.807) is 13.8 Å². The monoisotopic (exact) mass is 380 g/mol. The van der Waals surface area contributed by atoms with Crippen molar-refractivity contribution >= 4 is 26.3 Å². The van der Waals surface area contributed by atoms with E-state index < -0.39 is 16.1 Å². The first-order chi connectivity index (χ1) is 11.8. The van der Waals surface area contributed by atoms with Crippen LogP contribution in [0.4, 0.5) is 0 Å². The Morgan fingerprint density at radius 3 is 2.60 bits per heavy atom. The number of imidazole rings is 1. The zero-order valence-corrected chi connectivity index (χ0v) is 16.1. The molecule has 1 aromatic carbocycles. The molecule has 0 saturated carbocycles. The highest BCUT2D eigenvalue weighted by Gasteiger charge is 2.27. The largest absolute Gasteiger partial charge is 0.494 e. The molecule has 0 unspecified atom stereocenters. The quantitative estimate of drug-likeness (QED) is 0.711. The van der Waals surface area contributed by atoms with Gasteiger partial charge in [-0.05, 0) is 45.4 Å². The van der Waals surface area contributed by atoms with E-state index in [0.29, 0.717) is 17.3 Å². The molecule has 0 bridgehead atoms. The second-order valence-corrected chi connectivity index (χ2v) is 8.45. The normalized spacial score (nSPS) is 13.3. The molecule has 0 amide bonds. The number of nitrogens with zero attached hydrogens (tertiary/aromatic N) is 3. The first kappa shape index (κ1) is 17.8. The van der Waals surface area contributed by atoms with Gasteiger partial charge in [-0.25, -0.2) is 18.1 Å². The van der Waals surface area contributed by atoms with Gasteiger partial charge in [-0.1, -0.05) is 23.5 Å². The van der Waals surface area contributed by atoms with Crippen molar-refractivity contribution in [1.29, 1.82) is 0 Å². The molecule has 0 aliphatic heterocycles. The van der Waals surface area contributed by atoms with E-state index in [0.717, 1.165) is 16.3 Å². The lowest BCUT2D eigenvalue weighted by Gasteiger charge is -2.15. The lowest BCUT2D eigenvalue weighted by atomic mass is 10.1. The minimum absolute atomic E-state index is 0.0876. The topological polar surface area (TPSA) is 85.6 Å². The number of aryl methyl sites for hydroxylation is 2. The molecule has 134 valence electrons. The number of ether oxygens (including phenoxy) is 1. The number of hydrogen-bond acceptors (Lipinski definition) is 6. The van der Waals surface area contributed by atoms with Gasteiger partial charge >= 0.3 is 0 Å². The highest BCUT2D eigenvalue weighted by Crippen LogP contribution is 2.24. The highest BCUT2D eigenvalue weighted by molar-refractivity contribution is 7.89. The summed E-state index contributed by atoms with van der Waals surface area (Å²) in [4.78, 5) is 4.87. The Kier molecular flexibility index (Phi) is 4.81. The van der Waals surface area contributed by atoms with Gasteiger partial charge in [-0.2, -0.15) is 9.61 Å². The fourth-order valence-electron chi connectivity index (χ4n) is 2.61. The van der Waals surface area contributed by atoms with Crippen LogP contribution in [0, 0.1) is 13.8 Å². The van der Waals surface area contributed by atoms with Crippen LogP contribution in [0.3, 0.4) is 0 Å². The third-order valence-electron chi connectivity index (χ3n) is 3.70. The summed E-state index contributed by atoms with van der Waals surface area (Å²) in [5.74, 6) is 0.757. The molecule has 0 spiro atoms. The minimum atomic E-state index is -3.77. The van der Waals surface area contributed by atoms with Crippen LogP contribution in [0.2, 0.25) is 0 Å². The van der Waals surface area contributed by atoms with Gasteiger partial charge in [0.2, 0.25) is 4.96 Å². The van der Waals surface area contributed by atoms with Crippen molar-refractivity contribution < 1.29 is 13.2 Å². The van der Waals surface area contributed by atoms with Gasteiger partial charge in [0.25, 0.3) is 10.0 Å². The summed E-state index contributed by atoms with van der Waals surface area (Å²) in [7, 11) is -3.77. The zero-order valence-electron chi connectivity index (χ0n) is 14.5. The highest BCUT2D eigenvalue weighted by atomic mass is 32.2. The second kappa shape index (κ2) is 6.74. The maximum absolute atomic E-state index is 12.9. The van der Waals surface area contributed by atoms with Crippen molar-refractivity contribution in [3.8, 4) is 5.75 Å². The van der Waals surface area contributed by atoms with Crippen LogP contribution >= 0.6 is 11.3 Å². The summed E-state index contributed by atoms with van der Waals surface area (Å²) in [6.45, 7) is 7.80. The van der Waals surface area contributed by atoms with E-state index in [1.165, 1.54) is 15.9 Å². The Bertz CT molecular complexity index is 990. The molecule has 25 heavy (non-hydrogen) atoms. The number of fused-ring (bicyclic) bond motifs is 1. The van der Waals surface area contributed by atoms with Gasteiger partial charge in [-0.3, -0.25) is 0 Å². The first-order valence-electron chi connectivity index (χ1n) is 7.89. The SMILES string of the molecule is CCOc1ccc([C@@H](C)NS(=O)(=O)c2c(C)nc3sc(C)nn23)cc1. The molecule has 7 nitrogen and oxygen atoms in total. The first-order valence-corrected chi connectivity index (χ1v) is 10.2. The van der Waals surface area contributed by atoms with E-state index in [9.17, 15) is 8.42 Å². The van der Waals surface area contributed by atoms with Gasteiger partial charge in [0.15, 0.2) is 5.03 Å². The van der Waals surface area contributed by atoms with Crippen LogP contribution in [-0.2, 0) is 10.0 Å². The number of rotatable bonds is 6. The van der Waals surface area contributed by atoms with E-state index >= 15 is 0 Å². The van der Waals surface area contributed by atoms with E-state index in [4.69, 9.17) is 4.74 Å². The van der Waals surface area contributed by atoms with Crippen molar-refractivity contribution in [3.05, 3.63) is 40.5 Å². The third kappa shape index (κ3) is 3.53. The Morgan fingerprint density at radius 2 is 1.96 bits per heavy atom. The summed E-state index contributed by atoms with van der Waals surface area (Å²) in [5, 5.41) is 5.10. The van der Waals surface area contributed by atoms with Crippen LogP contribution in [0.1, 0.15) is 36.2 Å². The van der Waals surface area contributed by atoms with Gasteiger partial charge in [0, 0.05) is 6.04 Å². The van der Waals surface area contributed by atoms with E-state index in [2.05, 4.69) is 14.8 Å². The molecule has 1 atom stereocenters. The van der Waals surface area contributed by atoms with Gasteiger partial charge in [0.05, 0.1) is 12.3 Å². The maximum atomic E-state index is 12.9. The Hall–Kier alpha value is -1.97. The van der Waals surface area contributed by atoms with Crippen molar-refractivity contribution in [3.63, 3.8) is 0 Å². The number of hydrogen-bond donors (Lipinski definition) is 1. The van der Waals surface area contributed by atoms with Crippen molar-refractivity contribution in [2.45, 2.75) is 38.8 Å². The number of aromatic nitrogens is 3. The summed E-state index contributed by atoms with van der Waals surface area (Å²) in [6.07, 6.45) is 0. The Labute approximate surface area is 150 Å². The van der Waals surface area contributed by atoms with Gasteiger partial charge in [0.1, 0.15) is 10.8 Å². The summed E-state index contributed by atoms with van der Waals surface area (Å²) in [6, 6.07) is 6.96. The average molecular weight is 380 g/mol. The molecule has 0 aliphatic carbocycles. The molecule has 9 heteroatoms. The van der Waals surface area contributed by atoms with Gasteiger partial charge < -0.3 is 4.74 Å². The summed E-state index contributed by atoms with van der Waals surface area (Å²) in [5.41, 5.74) is 1.28. The zero-order chi connectivity index (χ0) is 18.2. The lowest BCUT2D eigenvalue weighted by Crippen LogP contribution is -2.28. The Balaban J connectivity index is 1.88. The smallest absolute Gasteiger partial charge is 0.260 e. The van der Waals surface area contributed by atoms with Crippen molar-refractivity contribution in [2.75, 3.05) is 6.61 Å². The summed E-state index contributed by atoms with van der Waals surface area (Å²) >= 11 is 1.36. The number of sulfonamides is 1. The van der Waals surface area contributed by atoms with Crippen LogP contribution < -0.4 is 9.46 Å². The molecule has 2 heterocycles. The molecule has 0 aliphatic rings. The van der Waals surface area contributed by atoms with E-state index in [-0.39, 0.29) is 5.03 Å². The second-order valence-electron chi connectivity index (χ2n) is 5.66. The molecular formula is C16H20N4O3S2. The van der Waals surface area contributed by atoms with E-state index in [1.807, 2.05) is 38.1 Å². The molecule has 2 aromatic heterocycles. The molecule has 1 N–H and O–H groups in total. The lowest BCUT2D eigenvalue weighted by molar-refractivity contribution is 0.340. The predicted octanol–water partition coefficient (Wildman–Crippen LogP) is 2.85. The van der Waals surface area contributed by atoms with Crippen LogP contribution in [0.25, 0.3) is 4.96 Å². The standard InChI is InChI=1S/C16H20N4O3S2/c1-5-23-14-8-6-13(7-9-14)10(2)19-25(21,22)15-11(3)17-16-20(15)18-12(4)24-16/h6-10,19H,5H2,1-4H3/t10-/m1/s1.